The molecule has 0 radical (unpaired) electrons. The van der Waals surface area contributed by atoms with E-state index in [-0.39, 0.29) is 17.1 Å². The zero-order valence-corrected chi connectivity index (χ0v) is 12.8. The van der Waals surface area contributed by atoms with Crippen LogP contribution in [-0.2, 0) is 0 Å². The number of non-ortho nitro benzene ring substituents is 1. The zero-order chi connectivity index (χ0) is 16.0. The molecule has 2 aromatic carbocycles. The molecule has 3 rings (SSSR count). The van der Waals surface area contributed by atoms with Crippen molar-refractivity contribution in [2.24, 2.45) is 0 Å². The molecule has 7 nitrogen and oxygen atoms in total. The predicted molar refractivity (Wildman–Crippen MR) is 83.6 cm³/mol. The number of nitrogens with one attached hydrogen (secondary N) is 1. The van der Waals surface area contributed by atoms with Crippen molar-refractivity contribution in [1.82, 2.24) is 0 Å². The highest BCUT2D eigenvalue weighted by atomic mass is 35.5. The molecule has 1 aliphatic heterocycles. The van der Waals surface area contributed by atoms with Gasteiger partial charge in [0, 0.05) is 20.9 Å². The van der Waals surface area contributed by atoms with Crippen molar-refractivity contribution in [3.8, 4) is 0 Å². The van der Waals surface area contributed by atoms with Gasteiger partial charge in [-0.3, -0.25) is 20.2 Å². The Morgan fingerprint density at radius 2 is 1.64 bits per heavy atom. The van der Waals surface area contributed by atoms with Gasteiger partial charge in [-0.1, -0.05) is 35.0 Å². The van der Waals surface area contributed by atoms with Crippen LogP contribution in [0.2, 0.25) is 10.0 Å². The highest BCUT2D eigenvalue weighted by Crippen LogP contribution is 2.51. The van der Waals surface area contributed by atoms with Gasteiger partial charge in [0.15, 0.2) is 0 Å². The van der Waals surface area contributed by atoms with E-state index >= 15 is 0 Å². The number of fused-ring (bicyclic) bond motifs is 2. The van der Waals surface area contributed by atoms with Crippen LogP contribution in [0.3, 0.4) is 0 Å². The Labute approximate surface area is 137 Å². The molecule has 0 spiro atoms. The molecule has 0 bridgehead atoms. The van der Waals surface area contributed by atoms with E-state index in [1.807, 2.05) is 0 Å². The van der Waals surface area contributed by atoms with Crippen LogP contribution in [0.15, 0.2) is 34.1 Å². The SMILES string of the molecule is O=[N+]([O-])c1cc2c(c([N+](=O)[O-])c1)Nc1c(Cl)cc(Cl)cc1S2. The molecular weight excluding hydrogens is 353 g/mol. The van der Waals surface area contributed by atoms with E-state index in [0.29, 0.717) is 25.5 Å². The molecule has 10 heteroatoms. The topological polar surface area (TPSA) is 98.3 Å². The Kier molecular flexibility index (Phi) is 3.59. The summed E-state index contributed by atoms with van der Waals surface area (Å²) in [4.78, 5) is 21.8. The van der Waals surface area contributed by atoms with E-state index in [9.17, 15) is 20.2 Å². The van der Waals surface area contributed by atoms with Crippen LogP contribution in [-0.4, -0.2) is 9.85 Å². The summed E-state index contributed by atoms with van der Waals surface area (Å²) in [5.41, 5.74) is -0.0671. The number of anilines is 2. The molecule has 0 atom stereocenters. The van der Waals surface area contributed by atoms with Crippen LogP contribution in [0.25, 0.3) is 0 Å². The van der Waals surface area contributed by atoms with Crippen LogP contribution in [0.5, 0.6) is 0 Å². The summed E-state index contributed by atoms with van der Waals surface area (Å²) >= 11 is 13.2. The van der Waals surface area contributed by atoms with Crippen molar-refractivity contribution < 1.29 is 9.85 Å². The van der Waals surface area contributed by atoms with Gasteiger partial charge < -0.3 is 5.32 Å². The smallest absolute Gasteiger partial charge is 0.300 e. The van der Waals surface area contributed by atoms with E-state index in [0.717, 1.165) is 17.8 Å². The standard InChI is InChI=1S/C12H5Cl2N3O4S/c13-5-1-7(14)11-9(2-5)22-10-4-6(16(18)19)3-8(17(20)21)12(10)15-11/h1-4,15H. The lowest BCUT2D eigenvalue weighted by molar-refractivity contribution is -0.393. The number of nitro benzene ring substituents is 2. The maximum Gasteiger partial charge on any atom is 0.300 e. The Morgan fingerprint density at radius 1 is 0.955 bits per heavy atom. The molecule has 0 saturated carbocycles. The predicted octanol–water partition coefficient (Wildman–Crippen LogP) is 5.02. The lowest BCUT2D eigenvalue weighted by atomic mass is 10.2. The van der Waals surface area contributed by atoms with Gasteiger partial charge in [-0.15, -0.1) is 0 Å². The second-order valence-corrected chi connectivity index (χ2v) is 6.27. The first-order valence-corrected chi connectivity index (χ1v) is 7.35. The molecule has 0 amide bonds. The molecule has 0 fully saturated rings. The van der Waals surface area contributed by atoms with E-state index in [4.69, 9.17) is 23.2 Å². The molecule has 0 saturated heterocycles. The lowest BCUT2D eigenvalue weighted by Crippen LogP contribution is -2.05. The van der Waals surface area contributed by atoms with Gasteiger partial charge in [-0.25, -0.2) is 0 Å². The summed E-state index contributed by atoms with van der Waals surface area (Å²) in [6.07, 6.45) is 0. The van der Waals surface area contributed by atoms with Gasteiger partial charge in [-0.2, -0.15) is 0 Å². The fourth-order valence-corrected chi connectivity index (χ4v) is 3.82. The van der Waals surface area contributed by atoms with Gasteiger partial charge in [0.2, 0.25) is 0 Å². The molecule has 0 unspecified atom stereocenters. The van der Waals surface area contributed by atoms with Crippen molar-refractivity contribution in [2.45, 2.75) is 9.79 Å². The first-order valence-electron chi connectivity index (χ1n) is 5.77. The molecule has 2 aromatic rings. The highest BCUT2D eigenvalue weighted by Gasteiger charge is 2.29. The molecule has 1 heterocycles. The van der Waals surface area contributed by atoms with Gasteiger partial charge in [0.1, 0.15) is 5.69 Å². The monoisotopic (exact) mass is 357 g/mol. The second-order valence-electron chi connectivity index (χ2n) is 4.34. The summed E-state index contributed by atoms with van der Waals surface area (Å²) < 4.78 is 0. The summed E-state index contributed by atoms with van der Waals surface area (Å²) in [6, 6.07) is 5.34. The molecule has 1 aliphatic rings. The maximum atomic E-state index is 11.2. The third kappa shape index (κ3) is 2.45. The molecule has 0 aliphatic carbocycles. The summed E-state index contributed by atoms with van der Waals surface area (Å²) in [5.74, 6) is 0. The average Bonchev–Trinajstić information content (AvgIpc) is 2.43. The number of hydrogen-bond acceptors (Lipinski definition) is 6. The number of nitro groups is 2. The van der Waals surface area contributed by atoms with Gasteiger partial charge in [-0.05, 0) is 12.1 Å². The van der Waals surface area contributed by atoms with Crippen LogP contribution < -0.4 is 5.32 Å². The minimum absolute atomic E-state index is 0.178. The normalized spacial score (nSPS) is 12.1. The fourth-order valence-electron chi connectivity index (χ4n) is 2.04. The van der Waals surface area contributed by atoms with Crippen LogP contribution >= 0.6 is 35.0 Å². The molecule has 112 valence electrons. The summed E-state index contributed by atoms with van der Waals surface area (Å²) in [6.45, 7) is 0. The van der Waals surface area contributed by atoms with Crippen molar-refractivity contribution in [1.29, 1.82) is 0 Å². The van der Waals surface area contributed by atoms with Crippen molar-refractivity contribution in [3.63, 3.8) is 0 Å². The van der Waals surface area contributed by atoms with E-state index < -0.39 is 9.85 Å². The summed E-state index contributed by atoms with van der Waals surface area (Å²) in [7, 11) is 0. The van der Waals surface area contributed by atoms with Crippen LogP contribution in [0, 0.1) is 20.2 Å². The number of rotatable bonds is 2. The molecule has 1 N–H and O–H groups in total. The number of nitrogens with zero attached hydrogens (tertiary/aromatic N) is 2. The second kappa shape index (κ2) is 5.31. The Hall–Kier alpha value is -2.03. The van der Waals surface area contributed by atoms with Crippen LogP contribution in [0.4, 0.5) is 22.7 Å². The van der Waals surface area contributed by atoms with Crippen LogP contribution in [0.1, 0.15) is 0 Å². The van der Waals surface area contributed by atoms with E-state index in [2.05, 4.69) is 5.32 Å². The zero-order valence-electron chi connectivity index (χ0n) is 10.5. The lowest BCUT2D eigenvalue weighted by Gasteiger charge is -2.21. The molecular formula is C12H5Cl2N3O4S. The minimum atomic E-state index is -0.672. The van der Waals surface area contributed by atoms with Crippen molar-refractivity contribution in [3.05, 3.63) is 54.5 Å². The van der Waals surface area contributed by atoms with Gasteiger partial charge >= 0.3 is 5.69 Å². The van der Waals surface area contributed by atoms with Gasteiger partial charge in [0.25, 0.3) is 5.69 Å². The number of hydrogen-bond donors (Lipinski definition) is 1. The number of halogens is 2. The van der Waals surface area contributed by atoms with Crippen molar-refractivity contribution in [2.75, 3.05) is 5.32 Å². The Bertz CT molecular complexity index is 844. The van der Waals surface area contributed by atoms with Gasteiger partial charge in [0.05, 0.1) is 26.6 Å². The maximum absolute atomic E-state index is 11.2. The third-order valence-electron chi connectivity index (χ3n) is 2.96. The summed E-state index contributed by atoms with van der Waals surface area (Å²) in [5, 5.41) is 25.7. The Morgan fingerprint density at radius 3 is 2.27 bits per heavy atom. The van der Waals surface area contributed by atoms with E-state index in [1.165, 1.54) is 12.1 Å². The first-order chi connectivity index (χ1) is 10.4. The largest absolute Gasteiger partial charge is 0.347 e. The van der Waals surface area contributed by atoms with Crippen molar-refractivity contribution >= 4 is 57.7 Å². The minimum Gasteiger partial charge on any atom is -0.347 e. The average molecular weight is 358 g/mol. The molecule has 22 heavy (non-hydrogen) atoms. The fraction of sp³-hybridized carbons (Fsp3) is 0. The molecule has 0 aromatic heterocycles. The quantitative estimate of drug-likeness (QED) is 0.510. The third-order valence-corrected chi connectivity index (χ3v) is 4.56. The van der Waals surface area contributed by atoms with E-state index in [1.54, 1.807) is 6.07 Å². The highest BCUT2D eigenvalue weighted by molar-refractivity contribution is 7.99. The first kappa shape index (κ1) is 14.9. The Balaban J connectivity index is 2.21. The number of benzene rings is 2.